The van der Waals surface area contributed by atoms with E-state index < -0.39 is 58.1 Å². The van der Waals surface area contributed by atoms with E-state index in [-0.39, 0.29) is 40.2 Å². The lowest BCUT2D eigenvalue weighted by Gasteiger charge is -2.19. The quantitative estimate of drug-likeness (QED) is 0.149. The summed E-state index contributed by atoms with van der Waals surface area (Å²) < 4.78 is 174. The Morgan fingerprint density at radius 2 is 0.700 bits per heavy atom. The van der Waals surface area contributed by atoms with Crippen LogP contribution in [0.25, 0.3) is 111 Å². The third-order valence-corrected chi connectivity index (χ3v) is 14.3. The first-order chi connectivity index (χ1) is 38.2. The summed E-state index contributed by atoms with van der Waals surface area (Å²) >= 11 is 0. The van der Waals surface area contributed by atoms with E-state index in [1.54, 1.807) is 81.9 Å². The Morgan fingerprint density at radius 1 is 0.325 bits per heavy atom. The summed E-state index contributed by atoms with van der Waals surface area (Å²) in [5.41, 5.74) is -0.612. The molecule has 0 aliphatic carbocycles. The van der Waals surface area contributed by atoms with Gasteiger partial charge in [-0.25, -0.2) is 4.98 Å². The molecule has 9 aromatic carbocycles. The molecule has 0 aliphatic rings. The van der Waals surface area contributed by atoms with E-state index in [0.29, 0.717) is 78.3 Å². The molecule has 16 heteroatoms. The first-order valence-electron chi connectivity index (χ1n) is 24.5. The largest absolute Gasteiger partial charge is 0.417 e. The molecular formula is C64H34F12N4. The fourth-order valence-electron chi connectivity index (χ4n) is 10.7. The van der Waals surface area contributed by atoms with Gasteiger partial charge in [-0.15, -0.1) is 0 Å². The molecule has 4 nitrogen and oxygen atoms in total. The standard InChI is InChI=1S/C64H34F12N4/c65-61(66,67)42-21-23-44(51(33-42)63(71,72)73)38-19-25-57-48(27-38)46-15-7-9-17-55(46)79(57)59-31-41(40-29-53(36-11-3-1-4-12-36)78-54(30-40)37-13-5-2-6-14-37)32-60(50(59)35-77)80-56-18-10-8-16-47(56)49-28-39(20-26-58(49)80)45-24-22-43(62(68,69)70)34-52(45)64(74,75)76/h1-34H. The molecule has 12 aromatic rings. The number of para-hydroxylation sites is 2. The van der Waals surface area contributed by atoms with E-state index in [0.717, 1.165) is 23.3 Å². The first kappa shape index (κ1) is 51.2. The molecule has 80 heavy (non-hydrogen) atoms. The van der Waals surface area contributed by atoms with Gasteiger partial charge in [0.15, 0.2) is 0 Å². The fourth-order valence-corrected chi connectivity index (χ4v) is 10.7. The number of aromatic nitrogens is 3. The normalized spacial score (nSPS) is 12.5. The van der Waals surface area contributed by atoms with Gasteiger partial charge in [0.2, 0.25) is 0 Å². The van der Waals surface area contributed by atoms with E-state index in [1.807, 2.05) is 72.8 Å². The molecule has 0 unspecified atom stereocenters. The number of rotatable bonds is 7. The van der Waals surface area contributed by atoms with Gasteiger partial charge in [0, 0.05) is 32.7 Å². The highest BCUT2D eigenvalue weighted by Crippen LogP contribution is 2.47. The van der Waals surface area contributed by atoms with Crippen molar-refractivity contribution in [3.05, 3.63) is 234 Å². The van der Waals surface area contributed by atoms with Gasteiger partial charge in [0.1, 0.15) is 11.6 Å². The van der Waals surface area contributed by atoms with Crippen LogP contribution in [-0.2, 0) is 24.7 Å². The summed E-state index contributed by atoms with van der Waals surface area (Å²) in [6.45, 7) is 0. The van der Waals surface area contributed by atoms with Crippen LogP contribution in [0.4, 0.5) is 52.7 Å². The summed E-state index contributed by atoms with van der Waals surface area (Å²) in [4.78, 5) is 5.07. The SMILES string of the molecule is N#Cc1c(-n2c3ccccc3c3cc(-c4ccc(C(F)(F)F)cc4C(F)(F)F)ccc32)cc(-c2cc(-c3ccccc3)nc(-c3ccccc3)c2)cc1-n1c2ccccc2c2cc(-c3ccc(C(F)(F)F)cc3C(F)(F)F)ccc21. The molecular weight excluding hydrogens is 1050 g/mol. The third-order valence-electron chi connectivity index (χ3n) is 14.3. The topological polar surface area (TPSA) is 46.5 Å². The van der Waals surface area contributed by atoms with Crippen molar-refractivity contribution in [1.82, 2.24) is 14.1 Å². The average Bonchev–Trinajstić information content (AvgIpc) is 3.98. The summed E-state index contributed by atoms with van der Waals surface area (Å²) in [5.74, 6) is 0. The molecule has 3 heterocycles. The van der Waals surface area contributed by atoms with Crippen molar-refractivity contribution in [3.8, 4) is 73.3 Å². The predicted octanol–water partition coefficient (Wildman–Crippen LogP) is 19.6. The molecule has 0 atom stereocenters. The van der Waals surface area contributed by atoms with Crippen molar-refractivity contribution in [2.24, 2.45) is 0 Å². The second kappa shape index (κ2) is 18.8. The van der Waals surface area contributed by atoms with Crippen LogP contribution in [0.1, 0.15) is 27.8 Å². The van der Waals surface area contributed by atoms with E-state index in [9.17, 15) is 57.9 Å². The number of halogens is 12. The lowest BCUT2D eigenvalue weighted by atomic mass is 9.95. The number of benzene rings is 9. The van der Waals surface area contributed by atoms with Gasteiger partial charge in [0.25, 0.3) is 0 Å². The lowest BCUT2D eigenvalue weighted by Crippen LogP contribution is -2.12. The van der Waals surface area contributed by atoms with Gasteiger partial charge >= 0.3 is 24.7 Å². The average molecular weight is 1090 g/mol. The lowest BCUT2D eigenvalue weighted by molar-refractivity contribution is -0.144. The van der Waals surface area contributed by atoms with Crippen LogP contribution in [-0.4, -0.2) is 14.1 Å². The van der Waals surface area contributed by atoms with Crippen LogP contribution in [0.3, 0.4) is 0 Å². The van der Waals surface area contributed by atoms with Crippen molar-refractivity contribution >= 4 is 43.6 Å². The monoisotopic (exact) mass is 1090 g/mol. The second-order valence-electron chi connectivity index (χ2n) is 19.0. The molecule has 0 aliphatic heterocycles. The second-order valence-corrected chi connectivity index (χ2v) is 19.0. The maximum atomic E-state index is 14.7. The van der Waals surface area contributed by atoms with E-state index in [4.69, 9.17) is 4.98 Å². The highest BCUT2D eigenvalue weighted by atomic mass is 19.4. The number of fused-ring (bicyclic) bond motifs is 6. The van der Waals surface area contributed by atoms with Crippen LogP contribution < -0.4 is 0 Å². The van der Waals surface area contributed by atoms with Gasteiger partial charge in [-0.3, -0.25) is 0 Å². The number of hydrogen-bond acceptors (Lipinski definition) is 2. The highest BCUT2D eigenvalue weighted by Gasteiger charge is 2.40. The van der Waals surface area contributed by atoms with Gasteiger partial charge in [-0.1, -0.05) is 121 Å². The van der Waals surface area contributed by atoms with Gasteiger partial charge < -0.3 is 9.13 Å². The summed E-state index contributed by atoms with van der Waals surface area (Å²) in [6.07, 6.45) is -20.5. The molecule has 394 valence electrons. The number of nitrogens with zero attached hydrogens (tertiary/aromatic N) is 4. The minimum atomic E-state index is -5.17. The van der Waals surface area contributed by atoms with Gasteiger partial charge in [-0.05, 0) is 118 Å². The Bertz CT molecular complexity index is 4210. The van der Waals surface area contributed by atoms with Gasteiger partial charge in [0.05, 0.1) is 67.1 Å². The molecule has 0 spiro atoms. The minimum absolute atomic E-state index is 0.0293. The van der Waals surface area contributed by atoms with E-state index in [2.05, 4.69) is 6.07 Å². The Labute approximate surface area is 446 Å². The molecule has 0 radical (unpaired) electrons. The molecule has 12 rings (SSSR count). The Balaban J connectivity index is 1.16. The van der Waals surface area contributed by atoms with Crippen molar-refractivity contribution in [2.75, 3.05) is 0 Å². The summed E-state index contributed by atoms with van der Waals surface area (Å²) in [6, 6.07) is 54.2. The maximum absolute atomic E-state index is 14.7. The molecule has 0 saturated heterocycles. The van der Waals surface area contributed by atoms with Crippen LogP contribution >= 0.6 is 0 Å². The van der Waals surface area contributed by atoms with E-state index in [1.165, 1.54) is 24.3 Å². The third kappa shape index (κ3) is 8.94. The van der Waals surface area contributed by atoms with Crippen LogP contribution in [0.5, 0.6) is 0 Å². The predicted molar refractivity (Wildman–Crippen MR) is 285 cm³/mol. The number of hydrogen-bond donors (Lipinski definition) is 0. The number of pyridine rings is 1. The Hall–Kier alpha value is -9.62. The van der Waals surface area contributed by atoms with Crippen molar-refractivity contribution in [2.45, 2.75) is 24.7 Å². The molecule has 0 saturated carbocycles. The number of nitriles is 1. The zero-order valence-electron chi connectivity index (χ0n) is 41.0. The van der Waals surface area contributed by atoms with Crippen LogP contribution in [0, 0.1) is 11.3 Å². The smallest absolute Gasteiger partial charge is 0.308 e. The molecule has 0 bridgehead atoms. The molecule has 0 N–H and O–H groups in total. The zero-order chi connectivity index (χ0) is 56.0. The van der Waals surface area contributed by atoms with Crippen molar-refractivity contribution in [3.63, 3.8) is 0 Å². The highest BCUT2D eigenvalue weighted by molar-refractivity contribution is 6.13. The molecule has 0 fully saturated rings. The Kier molecular flexibility index (Phi) is 12.0. The minimum Gasteiger partial charge on any atom is -0.308 e. The van der Waals surface area contributed by atoms with E-state index >= 15 is 0 Å². The number of alkyl halides is 12. The van der Waals surface area contributed by atoms with Crippen molar-refractivity contribution < 1.29 is 52.7 Å². The fraction of sp³-hybridized carbons (Fsp3) is 0.0625. The molecule has 0 amide bonds. The Morgan fingerprint density at radius 3 is 1.09 bits per heavy atom. The van der Waals surface area contributed by atoms with Crippen molar-refractivity contribution in [1.29, 1.82) is 5.26 Å². The zero-order valence-corrected chi connectivity index (χ0v) is 41.0. The summed E-state index contributed by atoms with van der Waals surface area (Å²) in [7, 11) is 0. The molecule has 3 aromatic heterocycles. The van der Waals surface area contributed by atoms with Crippen LogP contribution in [0.15, 0.2) is 206 Å². The van der Waals surface area contributed by atoms with Crippen LogP contribution in [0.2, 0.25) is 0 Å². The van der Waals surface area contributed by atoms with Gasteiger partial charge in [-0.2, -0.15) is 57.9 Å². The first-order valence-corrected chi connectivity index (χ1v) is 24.5. The summed E-state index contributed by atoms with van der Waals surface area (Å²) in [5, 5.41) is 13.5. The maximum Gasteiger partial charge on any atom is 0.417 e.